The summed E-state index contributed by atoms with van der Waals surface area (Å²) in [6.07, 6.45) is 60.4. The number of phosphoric acid groups is 1. The highest BCUT2D eigenvalue weighted by atomic mass is 31.2. The van der Waals surface area contributed by atoms with E-state index in [1.807, 2.05) is 0 Å². The van der Waals surface area contributed by atoms with E-state index in [0.29, 0.717) is 13.0 Å². The van der Waals surface area contributed by atoms with Crippen LogP contribution in [0, 0.1) is 0 Å². The molecule has 0 fully saturated rings. The number of ether oxygens (including phenoxy) is 2. The van der Waals surface area contributed by atoms with Crippen LogP contribution in [-0.4, -0.2) is 49.9 Å². The minimum atomic E-state index is -4.28. The van der Waals surface area contributed by atoms with Crippen LogP contribution >= 0.6 is 7.82 Å². The Morgan fingerprint density at radius 1 is 0.484 bits per heavy atom. The third-order valence-electron chi connectivity index (χ3n) is 11.5. The summed E-state index contributed by atoms with van der Waals surface area (Å²) in [6.45, 7) is 4.94. The Labute approximate surface area is 384 Å². The Balaban J connectivity index is 3.90. The summed E-state index contributed by atoms with van der Waals surface area (Å²) in [4.78, 5) is 22.6. The molecule has 0 bridgehead atoms. The fourth-order valence-electron chi connectivity index (χ4n) is 7.61. The lowest BCUT2D eigenvalue weighted by molar-refractivity contribution is -0.154. The zero-order valence-corrected chi connectivity index (χ0v) is 41.8. The van der Waals surface area contributed by atoms with E-state index >= 15 is 0 Å². The van der Waals surface area contributed by atoms with Gasteiger partial charge in [0.1, 0.15) is 6.10 Å². The van der Waals surface area contributed by atoms with Crippen molar-refractivity contribution in [3.8, 4) is 0 Å². The number of carbonyl (C=O) groups is 1. The maximum absolute atomic E-state index is 12.7. The molecule has 0 spiro atoms. The van der Waals surface area contributed by atoms with Gasteiger partial charge in [0.15, 0.2) is 0 Å². The number of unbranched alkanes of at least 4 members (excludes halogenated alkanes) is 32. The monoisotopic (exact) mass is 896 g/mol. The number of phosphoric ester groups is 1. The van der Waals surface area contributed by atoms with Crippen LogP contribution in [0.25, 0.3) is 0 Å². The standard InChI is InChI=1S/C53H102NO7P/c1-3-5-7-9-11-13-15-17-19-21-23-24-25-26-27-28-29-30-32-34-36-38-40-42-44-46-53(55)61-52(51-60-62(56,57)59-49-47-54)50-58-48-45-43-41-39-37-35-33-31-22-20-18-16-14-12-10-8-6-4-2/h15,17-18,20-21,23,52H,3-14,16,19,22,24-51,54H2,1-2H3,(H,56,57)/b17-15-,20-18-,23-21-. The molecule has 0 rings (SSSR count). The second-order valence-corrected chi connectivity index (χ2v) is 19.2. The highest BCUT2D eigenvalue weighted by Crippen LogP contribution is 2.43. The molecular formula is C53H102NO7P. The van der Waals surface area contributed by atoms with Gasteiger partial charge < -0.3 is 20.1 Å². The van der Waals surface area contributed by atoms with Crippen LogP contribution in [0.3, 0.4) is 0 Å². The maximum atomic E-state index is 12.7. The quantitative estimate of drug-likeness (QED) is 0.0268. The Bertz CT molecular complexity index is 1050. The number of esters is 1. The number of hydrogen-bond donors (Lipinski definition) is 2. The number of nitrogens with two attached hydrogens (primary N) is 1. The summed E-state index contributed by atoms with van der Waals surface area (Å²) >= 11 is 0. The molecule has 0 aromatic heterocycles. The lowest BCUT2D eigenvalue weighted by atomic mass is 10.0. The highest BCUT2D eigenvalue weighted by molar-refractivity contribution is 7.47. The molecule has 0 aromatic carbocycles. The summed E-state index contributed by atoms with van der Waals surface area (Å²) in [5.74, 6) is -0.329. The van der Waals surface area contributed by atoms with E-state index in [9.17, 15) is 14.3 Å². The first kappa shape index (κ1) is 60.7. The van der Waals surface area contributed by atoms with Crippen molar-refractivity contribution in [1.29, 1.82) is 0 Å². The van der Waals surface area contributed by atoms with Gasteiger partial charge in [-0.05, 0) is 70.6 Å². The Morgan fingerprint density at radius 2 is 0.855 bits per heavy atom. The predicted octanol–water partition coefficient (Wildman–Crippen LogP) is 16.5. The third-order valence-corrected chi connectivity index (χ3v) is 12.5. The van der Waals surface area contributed by atoms with E-state index in [2.05, 4.69) is 50.3 Å². The summed E-state index contributed by atoms with van der Waals surface area (Å²) in [5, 5.41) is 0. The zero-order valence-electron chi connectivity index (χ0n) is 40.9. The number of hydrogen-bond acceptors (Lipinski definition) is 7. The molecule has 8 nitrogen and oxygen atoms in total. The zero-order chi connectivity index (χ0) is 45.1. The van der Waals surface area contributed by atoms with Crippen LogP contribution < -0.4 is 5.73 Å². The molecular weight excluding hydrogens is 794 g/mol. The van der Waals surface area contributed by atoms with Crippen molar-refractivity contribution < 1.29 is 32.8 Å². The molecule has 0 aliphatic rings. The molecule has 0 saturated carbocycles. The molecule has 2 unspecified atom stereocenters. The van der Waals surface area contributed by atoms with Crippen LogP contribution in [0.5, 0.6) is 0 Å². The van der Waals surface area contributed by atoms with E-state index in [1.54, 1.807) is 0 Å². The van der Waals surface area contributed by atoms with E-state index < -0.39 is 13.9 Å². The van der Waals surface area contributed by atoms with E-state index in [4.69, 9.17) is 24.3 Å². The van der Waals surface area contributed by atoms with Gasteiger partial charge in [-0.25, -0.2) is 4.57 Å². The number of allylic oxidation sites excluding steroid dienone is 6. The molecule has 0 aliphatic carbocycles. The summed E-state index contributed by atoms with van der Waals surface area (Å²) < 4.78 is 33.6. The number of carbonyl (C=O) groups excluding carboxylic acids is 1. The van der Waals surface area contributed by atoms with Gasteiger partial charge in [-0.1, -0.05) is 217 Å². The van der Waals surface area contributed by atoms with Crippen molar-refractivity contribution in [2.75, 3.05) is 33.0 Å². The van der Waals surface area contributed by atoms with Gasteiger partial charge in [0.2, 0.25) is 0 Å². The normalized spacial score (nSPS) is 13.5. The van der Waals surface area contributed by atoms with Gasteiger partial charge in [-0.15, -0.1) is 0 Å². The first-order chi connectivity index (χ1) is 30.4. The van der Waals surface area contributed by atoms with Crippen molar-refractivity contribution in [3.63, 3.8) is 0 Å². The predicted molar refractivity (Wildman–Crippen MR) is 266 cm³/mol. The molecule has 0 saturated heterocycles. The molecule has 62 heavy (non-hydrogen) atoms. The number of rotatable bonds is 51. The van der Waals surface area contributed by atoms with Crippen LogP contribution in [0.2, 0.25) is 0 Å². The van der Waals surface area contributed by atoms with Gasteiger partial charge in [0.25, 0.3) is 0 Å². The van der Waals surface area contributed by atoms with Crippen molar-refractivity contribution in [2.45, 2.75) is 264 Å². The van der Waals surface area contributed by atoms with Crippen molar-refractivity contribution in [1.82, 2.24) is 0 Å². The highest BCUT2D eigenvalue weighted by Gasteiger charge is 2.25. The van der Waals surface area contributed by atoms with Crippen LogP contribution in [-0.2, 0) is 27.9 Å². The average molecular weight is 896 g/mol. The SMILES string of the molecule is CCCCCCC/C=C\C/C=C\CCCCCCCCCCCCCCCC(=O)OC(COCCCCCCCCCC/C=C\CCCCCCCC)COP(=O)(O)OCCN. The Hall–Kier alpha value is -1.28. The smallest absolute Gasteiger partial charge is 0.457 e. The first-order valence-corrected chi connectivity index (χ1v) is 28.0. The second kappa shape index (κ2) is 50.7. The van der Waals surface area contributed by atoms with E-state index in [1.165, 1.54) is 199 Å². The van der Waals surface area contributed by atoms with Crippen LogP contribution in [0.15, 0.2) is 36.5 Å². The summed E-state index contributed by atoms with van der Waals surface area (Å²) in [7, 11) is -4.28. The lowest BCUT2D eigenvalue weighted by Gasteiger charge is -2.20. The molecule has 0 radical (unpaired) electrons. The fraction of sp³-hybridized carbons (Fsp3) is 0.868. The second-order valence-electron chi connectivity index (χ2n) is 17.7. The Kier molecular flexibility index (Phi) is 49.7. The third kappa shape index (κ3) is 49.7. The van der Waals surface area contributed by atoms with Gasteiger partial charge >= 0.3 is 13.8 Å². The maximum Gasteiger partial charge on any atom is 0.472 e. The molecule has 9 heteroatoms. The minimum Gasteiger partial charge on any atom is -0.457 e. The fourth-order valence-corrected chi connectivity index (χ4v) is 8.38. The molecule has 0 heterocycles. The van der Waals surface area contributed by atoms with Gasteiger partial charge in [0, 0.05) is 19.6 Å². The van der Waals surface area contributed by atoms with Crippen LogP contribution in [0.4, 0.5) is 0 Å². The van der Waals surface area contributed by atoms with Gasteiger partial charge in [-0.2, -0.15) is 0 Å². The van der Waals surface area contributed by atoms with E-state index in [-0.39, 0.29) is 32.3 Å². The molecule has 366 valence electrons. The first-order valence-electron chi connectivity index (χ1n) is 26.5. The van der Waals surface area contributed by atoms with Crippen molar-refractivity contribution in [3.05, 3.63) is 36.5 Å². The van der Waals surface area contributed by atoms with Gasteiger partial charge in [-0.3, -0.25) is 13.8 Å². The Morgan fingerprint density at radius 3 is 1.27 bits per heavy atom. The topological polar surface area (TPSA) is 117 Å². The average Bonchev–Trinajstić information content (AvgIpc) is 3.26. The molecule has 3 N–H and O–H groups in total. The molecule has 0 aromatic rings. The molecule has 2 atom stereocenters. The summed E-state index contributed by atoms with van der Waals surface area (Å²) in [6, 6.07) is 0. The molecule has 0 aliphatic heterocycles. The van der Waals surface area contributed by atoms with Gasteiger partial charge in [0.05, 0.1) is 19.8 Å². The van der Waals surface area contributed by atoms with Crippen LogP contribution in [0.1, 0.15) is 258 Å². The van der Waals surface area contributed by atoms with Crippen molar-refractivity contribution >= 4 is 13.8 Å². The minimum absolute atomic E-state index is 0.0952. The largest absolute Gasteiger partial charge is 0.472 e. The van der Waals surface area contributed by atoms with Crippen molar-refractivity contribution in [2.24, 2.45) is 5.73 Å². The molecule has 0 amide bonds. The summed E-state index contributed by atoms with van der Waals surface area (Å²) in [5.41, 5.74) is 5.39. The van der Waals surface area contributed by atoms with E-state index in [0.717, 1.165) is 38.5 Å². The lowest BCUT2D eigenvalue weighted by Crippen LogP contribution is -2.28.